The molecule has 0 saturated carbocycles. The summed E-state index contributed by atoms with van der Waals surface area (Å²) in [5, 5.41) is 20.0. The fraction of sp³-hybridized carbons (Fsp3) is 0.621. The zero-order chi connectivity index (χ0) is 46.9. The predicted molar refractivity (Wildman–Crippen MR) is 299 cm³/mol. The van der Waals surface area contributed by atoms with Crippen LogP contribution in [0.4, 0.5) is 0 Å². The van der Waals surface area contributed by atoms with Crippen LogP contribution in [0.5, 0.6) is 0 Å². The van der Waals surface area contributed by atoms with Crippen LogP contribution in [0.2, 0.25) is 66.5 Å². The van der Waals surface area contributed by atoms with Gasteiger partial charge in [0.15, 0.2) is 0 Å². The molecule has 0 N–H and O–H groups in total. The molecule has 5 aromatic rings. The third kappa shape index (κ3) is 7.01. The molecule has 0 amide bonds. The first-order chi connectivity index (χ1) is 28.7. The molecule has 5 aromatic carbocycles. The van der Waals surface area contributed by atoms with Crippen molar-refractivity contribution in [2.24, 2.45) is 0 Å². The largest absolute Gasteiger partial charge is 0.0958 e. The first-order valence-corrected chi connectivity index (χ1v) is 34.6. The lowest BCUT2D eigenvalue weighted by atomic mass is 9.96. The molecule has 0 aliphatic carbocycles. The van der Waals surface area contributed by atoms with Crippen molar-refractivity contribution >= 4 is 96.1 Å². The van der Waals surface area contributed by atoms with Crippen LogP contribution in [0.25, 0.3) is 43.1 Å². The van der Waals surface area contributed by atoms with Gasteiger partial charge in [0.05, 0.1) is 32.3 Å². The van der Waals surface area contributed by atoms with Gasteiger partial charge in [0.2, 0.25) is 0 Å². The minimum absolute atomic E-state index is 0.600. The monoisotopic (exact) mass is 903 g/mol. The van der Waals surface area contributed by atoms with Gasteiger partial charge in [-0.15, -0.1) is 0 Å². The molecule has 0 aliphatic rings. The minimum Gasteiger partial charge on any atom is -0.0648 e. The molecule has 5 rings (SSSR count). The lowest BCUT2D eigenvalue weighted by Gasteiger charge is -2.49. The molecule has 4 heteroatoms. The van der Waals surface area contributed by atoms with Crippen molar-refractivity contribution in [3.63, 3.8) is 0 Å². The Balaban J connectivity index is 2.48. The zero-order valence-electron chi connectivity index (χ0n) is 44.7. The fourth-order valence-electron chi connectivity index (χ4n) is 17.2. The maximum Gasteiger partial charge on any atom is 0.0958 e. The van der Waals surface area contributed by atoms with Crippen LogP contribution < -0.4 is 20.7 Å². The average molecular weight is 904 g/mol. The van der Waals surface area contributed by atoms with Crippen molar-refractivity contribution in [2.75, 3.05) is 0 Å². The summed E-state index contributed by atoms with van der Waals surface area (Å²) >= 11 is 0. The van der Waals surface area contributed by atoms with E-state index in [0.29, 0.717) is 66.5 Å². The van der Waals surface area contributed by atoms with Crippen molar-refractivity contribution in [3.05, 3.63) is 60.7 Å². The highest BCUT2D eigenvalue weighted by atomic mass is 28.3. The van der Waals surface area contributed by atoms with Gasteiger partial charge in [-0.2, -0.15) is 0 Å². The van der Waals surface area contributed by atoms with E-state index in [1.807, 2.05) is 0 Å². The summed E-state index contributed by atoms with van der Waals surface area (Å²) in [6.45, 7) is 62.6. The Kier molecular flexibility index (Phi) is 15.1. The van der Waals surface area contributed by atoms with Crippen LogP contribution in [-0.4, -0.2) is 32.3 Å². The Morgan fingerprint density at radius 3 is 0.452 bits per heavy atom. The first-order valence-electron chi connectivity index (χ1n) is 25.6. The van der Waals surface area contributed by atoms with Gasteiger partial charge in [0.25, 0.3) is 0 Å². The van der Waals surface area contributed by atoms with Crippen LogP contribution >= 0.6 is 0 Å². The lowest BCUT2D eigenvalue weighted by Crippen LogP contribution is -2.60. The van der Waals surface area contributed by atoms with Gasteiger partial charge in [-0.3, -0.25) is 0 Å². The van der Waals surface area contributed by atoms with Crippen molar-refractivity contribution in [2.45, 2.75) is 233 Å². The molecular weight excluding hydrogens is 809 g/mol. The molecule has 0 aliphatic heterocycles. The molecule has 0 atom stereocenters. The highest BCUT2D eigenvalue weighted by Crippen LogP contribution is 2.51. The molecule has 0 radical (unpaired) electrons. The molecule has 342 valence electrons. The second-order valence-corrected chi connectivity index (χ2v) is 47.4. The molecule has 0 aromatic heterocycles. The van der Waals surface area contributed by atoms with E-state index in [0.717, 1.165) is 0 Å². The first kappa shape index (κ1) is 51.0. The van der Waals surface area contributed by atoms with Gasteiger partial charge in [-0.05, 0) is 142 Å². The normalized spacial score (nSPS) is 14.3. The molecular formula is C58H94Si4. The van der Waals surface area contributed by atoms with Crippen LogP contribution in [0, 0.1) is 0 Å². The van der Waals surface area contributed by atoms with E-state index in [9.17, 15) is 0 Å². The standard InChI is InChI=1S/C58H94Si4/c1-35(2)59(36(3)4,37(5)6)55-47-29-25-26-30-48(47)56(60(38(7)8,39(9)10)40(11)12)52-34-54-53(33-51(52)55)57(61(41(13)14,42(15)16)43(17)18)49-31-27-28-32-50(49)58(54)62(44(19)20,45(21)22)46(23)24/h25-46H,1-24H3. The zero-order valence-corrected chi connectivity index (χ0v) is 48.7. The summed E-state index contributed by atoms with van der Waals surface area (Å²) < 4.78 is 0. The van der Waals surface area contributed by atoms with E-state index >= 15 is 0 Å². The number of hydrogen-bond donors (Lipinski definition) is 0. The third-order valence-electron chi connectivity index (χ3n) is 18.4. The molecule has 0 heterocycles. The molecule has 0 bridgehead atoms. The number of rotatable bonds is 16. The van der Waals surface area contributed by atoms with Crippen LogP contribution in [-0.2, 0) is 0 Å². The van der Waals surface area contributed by atoms with E-state index in [2.05, 4.69) is 227 Å². The van der Waals surface area contributed by atoms with Gasteiger partial charge in [0.1, 0.15) is 0 Å². The van der Waals surface area contributed by atoms with Crippen LogP contribution in [0.3, 0.4) is 0 Å². The SMILES string of the molecule is CC(C)[Si](c1c2ccccc2c([Si](C(C)C)(C(C)C)C(C)C)c2cc3c([Si](C(C)C)(C(C)C)C(C)C)c4ccccc4c([Si](C(C)C)(C(C)C)C(C)C)c3cc12)(C(C)C)C(C)C. The lowest BCUT2D eigenvalue weighted by molar-refractivity contribution is 0.835. The maximum absolute atomic E-state index is 2.96. The predicted octanol–water partition coefficient (Wildman–Crippen LogP) is 17.8. The maximum atomic E-state index is 2.96. The highest BCUT2D eigenvalue weighted by molar-refractivity contribution is 7.03. The second-order valence-electron chi connectivity index (χ2n) is 24.1. The second kappa shape index (κ2) is 18.4. The third-order valence-corrected chi connectivity index (χ3v) is 46.9. The van der Waals surface area contributed by atoms with E-state index in [4.69, 9.17) is 0 Å². The molecule has 0 nitrogen and oxygen atoms in total. The van der Waals surface area contributed by atoms with Crippen molar-refractivity contribution in [3.8, 4) is 0 Å². The minimum atomic E-state index is -2.23. The summed E-state index contributed by atoms with van der Waals surface area (Å²) in [6, 6.07) is 25.9. The van der Waals surface area contributed by atoms with Gasteiger partial charge in [-0.25, -0.2) is 0 Å². The molecule has 0 unspecified atom stereocenters. The van der Waals surface area contributed by atoms with Crippen LogP contribution in [0.1, 0.15) is 166 Å². The van der Waals surface area contributed by atoms with E-state index in [1.54, 1.807) is 63.8 Å². The van der Waals surface area contributed by atoms with Gasteiger partial charge in [-0.1, -0.05) is 215 Å². The highest BCUT2D eigenvalue weighted by Gasteiger charge is 2.53. The number of benzene rings is 5. The van der Waals surface area contributed by atoms with Gasteiger partial charge in [0, 0.05) is 0 Å². The fourth-order valence-corrected chi connectivity index (χ4v) is 45.5. The van der Waals surface area contributed by atoms with Crippen molar-refractivity contribution in [1.82, 2.24) is 0 Å². The number of hydrogen-bond acceptors (Lipinski definition) is 0. The Morgan fingerprint density at radius 1 is 0.210 bits per heavy atom. The summed E-state index contributed by atoms with van der Waals surface area (Å²) in [5.41, 5.74) is 7.20. The molecule has 62 heavy (non-hydrogen) atoms. The van der Waals surface area contributed by atoms with E-state index in [1.165, 1.54) is 0 Å². The topological polar surface area (TPSA) is 0 Å². The van der Waals surface area contributed by atoms with E-state index < -0.39 is 32.3 Å². The Bertz CT molecular complexity index is 1950. The Morgan fingerprint density at radius 2 is 0.339 bits per heavy atom. The van der Waals surface area contributed by atoms with Gasteiger partial charge >= 0.3 is 0 Å². The van der Waals surface area contributed by atoms with Crippen LogP contribution in [0.15, 0.2) is 60.7 Å². The molecule has 0 spiro atoms. The van der Waals surface area contributed by atoms with Crippen molar-refractivity contribution < 1.29 is 0 Å². The number of fused-ring (bicyclic) bond motifs is 4. The van der Waals surface area contributed by atoms with E-state index in [-0.39, 0.29) is 0 Å². The Hall–Kier alpha value is -1.99. The van der Waals surface area contributed by atoms with Gasteiger partial charge < -0.3 is 0 Å². The van der Waals surface area contributed by atoms with Crippen molar-refractivity contribution in [1.29, 1.82) is 0 Å². The smallest absolute Gasteiger partial charge is 0.0648 e. The average Bonchev–Trinajstić information content (AvgIpc) is 3.14. The summed E-state index contributed by atoms with van der Waals surface area (Å²) in [7, 11) is -8.94. The quantitative estimate of drug-likeness (QED) is 0.0684. The molecule has 0 saturated heterocycles. The summed E-state index contributed by atoms with van der Waals surface area (Å²) in [4.78, 5) is 0. The Labute approximate surface area is 387 Å². The molecule has 0 fully saturated rings. The summed E-state index contributed by atoms with van der Waals surface area (Å²) in [5.74, 6) is 0. The summed E-state index contributed by atoms with van der Waals surface area (Å²) in [6.07, 6.45) is 0.